The Bertz CT molecular complexity index is 635. The highest BCUT2D eigenvalue weighted by atomic mass is 16.3. The van der Waals surface area contributed by atoms with Crippen LogP contribution in [0.15, 0.2) is 42.5 Å². The fraction of sp³-hybridized carbons (Fsp3) is 0. The highest BCUT2D eigenvalue weighted by Crippen LogP contribution is 2.28. The summed E-state index contributed by atoms with van der Waals surface area (Å²) in [7, 11) is 0. The monoisotopic (exact) mass is 210 g/mol. The average molecular weight is 210 g/mol. The van der Waals surface area contributed by atoms with Crippen molar-refractivity contribution in [3.63, 3.8) is 0 Å². The second-order valence-corrected chi connectivity index (χ2v) is 3.75. The largest absolute Gasteiger partial charge is 0.507 e. The number of nitrogens with two attached hydrogens (primary N) is 1. The van der Waals surface area contributed by atoms with Crippen molar-refractivity contribution in [1.82, 2.24) is 4.98 Å². The van der Waals surface area contributed by atoms with Crippen molar-refractivity contribution in [3.05, 3.63) is 42.5 Å². The number of phenolic OH excluding ortho intramolecular Hbond substituents is 1. The van der Waals surface area contributed by atoms with Crippen LogP contribution >= 0.6 is 0 Å². The Morgan fingerprint density at radius 3 is 2.44 bits per heavy atom. The number of pyridine rings is 1. The van der Waals surface area contributed by atoms with Crippen molar-refractivity contribution < 1.29 is 5.11 Å². The highest BCUT2D eigenvalue weighted by Gasteiger charge is 2.04. The summed E-state index contributed by atoms with van der Waals surface area (Å²) in [6.07, 6.45) is 0. The Hall–Kier alpha value is -2.29. The molecule has 0 spiro atoms. The van der Waals surface area contributed by atoms with E-state index in [0.29, 0.717) is 5.69 Å². The molecule has 0 bridgehead atoms. The molecular formula is C13H10N2O. The Labute approximate surface area is 92.1 Å². The van der Waals surface area contributed by atoms with Crippen LogP contribution in [0.5, 0.6) is 5.75 Å². The molecule has 3 aromatic rings. The lowest BCUT2D eigenvalue weighted by molar-refractivity contribution is 0.481. The number of hydrogen-bond donors (Lipinski definition) is 2. The third-order valence-electron chi connectivity index (χ3n) is 2.71. The van der Waals surface area contributed by atoms with Crippen LogP contribution < -0.4 is 5.73 Å². The molecule has 0 saturated carbocycles. The van der Waals surface area contributed by atoms with Gasteiger partial charge in [-0.2, -0.15) is 0 Å². The van der Waals surface area contributed by atoms with Crippen molar-refractivity contribution in [3.8, 4) is 5.75 Å². The van der Waals surface area contributed by atoms with Crippen molar-refractivity contribution in [1.29, 1.82) is 0 Å². The lowest BCUT2D eigenvalue weighted by Gasteiger charge is -2.05. The van der Waals surface area contributed by atoms with Gasteiger partial charge in [-0.25, -0.2) is 4.98 Å². The summed E-state index contributed by atoms with van der Waals surface area (Å²) < 4.78 is 0. The number of aromatic nitrogens is 1. The Morgan fingerprint density at radius 2 is 1.62 bits per heavy atom. The smallest absolute Gasteiger partial charge is 0.124 e. The third-order valence-corrected chi connectivity index (χ3v) is 2.71. The molecule has 0 saturated heterocycles. The molecule has 0 radical (unpaired) electrons. The summed E-state index contributed by atoms with van der Waals surface area (Å²) in [6, 6.07) is 12.8. The van der Waals surface area contributed by atoms with Gasteiger partial charge in [0.1, 0.15) is 5.75 Å². The molecule has 1 aromatic heterocycles. The van der Waals surface area contributed by atoms with Gasteiger partial charge in [-0.1, -0.05) is 12.1 Å². The maximum Gasteiger partial charge on any atom is 0.124 e. The van der Waals surface area contributed by atoms with E-state index in [-0.39, 0.29) is 5.75 Å². The van der Waals surface area contributed by atoms with Gasteiger partial charge in [0, 0.05) is 16.5 Å². The van der Waals surface area contributed by atoms with E-state index in [2.05, 4.69) is 4.98 Å². The van der Waals surface area contributed by atoms with E-state index < -0.39 is 0 Å². The van der Waals surface area contributed by atoms with E-state index in [1.807, 2.05) is 30.3 Å². The van der Waals surface area contributed by atoms with Crippen LogP contribution in [0.3, 0.4) is 0 Å². The maximum atomic E-state index is 9.74. The molecule has 0 aliphatic rings. The Balaban J connectivity index is 2.55. The number of fused-ring (bicyclic) bond motifs is 2. The van der Waals surface area contributed by atoms with Crippen LogP contribution in [0.2, 0.25) is 0 Å². The fourth-order valence-electron chi connectivity index (χ4n) is 1.89. The van der Waals surface area contributed by atoms with E-state index >= 15 is 0 Å². The predicted octanol–water partition coefficient (Wildman–Crippen LogP) is 2.68. The SMILES string of the molecule is Nc1cccc2nc3cccc(O)c3cc12. The molecule has 3 rings (SSSR count). The summed E-state index contributed by atoms with van der Waals surface area (Å²) in [4.78, 5) is 4.46. The first-order valence-electron chi connectivity index (χ1n) is 5.02. The number of hydrogen-bond acceptors (Lipinski definition) is 3. The summed E-state index contributed by atoms with van der Waals surface area (Å²) >= 11 is 0. The Morgan fingerprint density at radius 1 is 0.938 bits per heavy atom. The normalized spacial score (nSPS) is 11.0. The number of phenols is 1. The van der Waals surface area contributed by atoms with Crippen LogP contribution in [-0.4, -0.2) is 10.1 Å². The van der Waals surface area contributed by atoms with Gasteiger partial charge in [0.25, 0.3) is 0 Å². The van der Waals surface area contributed by atoms with E-state index in [1.165, 1.54) is 0 Å². The average Bonchev–Trinajstić information content (AvgIpc) is 2.28. The van der Waals surface area contributed by atoms with Gasteiger partial charge in [0.15, 0.2) is 0 Å². The zero-order valence-electron chi connectivity index (χ0n) is 8.51. The van der Waals surface area contributed by atoms with Crippen LogP contribution in [0.4, 0.5) is 5.69 Å². The second-order valence-electron chi connectivity index (χ2n) is 3.75. The van der Waals surface area contributed by atoms with Crippen LogP contribution in [0, 0.1) is 0 Å². The fourth-order valence-corrected chi connectivity index (χ4v) is 1.89. The summed E-state index contributed by atoms with van der Waals surface area (Å²) in [5, 5.41) is 11.3. The van der Waals surface area contributed by atoms with Crippen molar-refractivity contribution >= 4 is 27.5 Å². The number of rotatable bonds is 0. The standard InChI is InChI=1S/C13H10N2O/c14-10-3-1-4-11-8(10)7-9-12(15-11)5-2-6-13(9)16/h1-7,16H,14H2. The predicted molar refractivity (Wildman–Crippen MR) is 65.3 cm³/mol. The second kappa shape index (κ2) is 3.10. The quantitative estimate of drug-likeness (QED) is 0.443. The molecule has 78 valence electrons. The number of nitrogen functional groups attached to an aromatic ring is 1. The topological polar surface area (TPSA) is 59.1 Å². The van der Waals surface area contributed by atoms with E-state index in [1.54, 1.807) is 12.1 Å². The molecule has 2 aromatic carbocycles. The van der Waals surface area contributed by atoms with Gasteiger partial charge >= 0.3 is 0 Å². The van der Waals surface area contributed by atoms with E-state index in [9.17, 15) is 5.11 Å². The van der Waals surface area contributed by atoms with Crippen molar-refractivity contribution in [2.45, 2.75) is 0 Å². The van der Waals surface area contributed by atoms with Gasteiger partial charge in [-0.15, -0.1) is 0 Å². The zero-order valence-corrected chi connectivity index (χ0v) is 8.51. The lowest BCUT2D eigenvalue weighted by atomic mass is 10.1. The van der Waals surface area contributed by atoms with E-state index in [4.69, 9.17) is 5.73 Å². The van der Waals surface area contributed by atoms with Crippen LogP contribution in [0.25, 0.3) is 21.8 Å². The highest BCUT2D eigenvalue weighted by molar-refractivity contribution is 6.00. The number of benzene rings is 2. The maximum absolute atomic E-state index is 9.74. The Kier molecular flexibility index (Phi) is 1.74. The molecule has 3 nitrogen and oxygen atoms in total. The molecule has 16 heavy (non-hydrogen) atoms. The van der Waals surface area contributed by atoms with Gasteiger partial charge in [0.2, 0.25) is 0 Å². The zero-order chi connectivity index (χ0) is 11.1. The third kappa shape index (κ3) is 1.18. The van der Waals surface area contributed by atoms with Crippen molar-refractivity contribution in [2.24, 2.45) is 0 Å². The number of nitrogens with zero attached hydrogens (tertiary/aromatic N) is 1. The lowest BCUT2D eigenvalue weighted by Crippen LogP contribution is -1.89. The molecule has 0 amide bonds. The van der Waals surface area contributed by atoms with Gasteiger partial charge in [-0.3, -0.25) is 0 Å². The van der Waals surface area contributed by atoms with Gasteiger partial charge in [-0.05, 0) is 30.3 Å². The van der Waals surface area contributed by atoms with Crippen LogP contribution in [-0.2, 0) is 0 Å². The van der Waals surface area contributed by atoms with Gasteiger partial charge in [0.05, 0.1) is 11.0 Å². The summed E-state index contributed by atoms with van der Waals surface area (Å²) in [6.45, 7) is 0. The number of aromatic hydroxyl groups is 1. The molecule has 3 heteroatoms. The minimum absolute atomic E-state index is 0.232. The molecule has 0 unspecified atom stereocenters. The minimum atomic E-state index is 0.232. The molecule has 3 N–H and O–H groups in total. The molecule has 0 atom stereocenters. The minimum Gasteiger partial charge on any atom is -0.507 e. The number of anilines is 1. The van der Waals surface area contributed by atoms with Crippen LogP contribution in [0.1, 0.15) is 0 Å². The molecule has 0 fully saturated rings. The first kappa shape index (κ1) is 8.97. The van der Waals surface area contributed by atoms with Gasteiger partial charge < -0.3 is 10.8 Å². The first-order valence-corrected chi connectivity index (χ1v) is 5.02. The molecule has 1 heterocycles. The van der Waals surface area contributed by atoms with Crippen molar-refractivity contribution in [2.75, 3.05) is 5.73 Å². The summed E-state index contributed by atoms with van der Waals surface area (Å²) in [5.41, 5.74) is 8.17. The first-order chi connectivity index (χ1) is 7.75. The molecular weight excluding hydrogens is 200 g/mol. The molecule has 0 aliphatic carbocycles. The summed E-state index contributed by atoms with van der Waals surface area (Å²) in [5.74, 6) is 0.232. The van der Waals surface area contributed by atoms with E-state index in [0.717, 1.165) is 21.8 Å². The molecule has 0 aliphatic heterocycles.